The fourth-order valence-electron chi connectivity index (χ4n) is 0.809. The summed E-state index contributed by atoms with van der Waals surface area (Å²) in [6.07, 6.45) is 1.11. The normalized spacial score (nSPS) is 13.1. The summed E-state index contributed by atoms with van der Waals surface area (Å²) >= 11 is 0. The van der Waals surface area contributed by atoms with Gasteiger partial charge >= 0.3 is 0 Å². The minimum absolute atomic E-state index is 0.140. The summed E-state index contributed by atoms with van der Waals surface area (Å²) in [6.45, 7) is 3.40. The van der Waals surface area contributed by atoms with Crippen molar-refractivity contribution in [1.29, 1.82) is 0 Å². The lowest BCUT2D eigenvalue weighted by Crippen LogP contribution is -2.29. The molecule has 1 aromatic heterocycles. The second-order valence-corrected chi connectivity index (χ2v) is 5.95. The summed E-state index contributed by atoms with van der Waals surface area (Å²) in [4.78, 5) is 3.88. The molecular formula is C7H13N3O3S. The highest BCUT2D eigenvalue weighted by atomic mass is 32.2. The molecule has 0 bridgehead atoms. The Balaban J connectivity index is 2.90. The third kappa shape index (κ3) is 3.08. The minimum Gasteiger partial charge on any atom is -0.337 e. The first-order valence-corrected chi connectivity index (χ1v) is 6.04. The van der Waals surface area contributed by atoms with Crippen LogP contribution in [0.4, 0.5) is 0 Å². The Morgan fingerprint density at radius 1 is 1.50 bits per heavy atom. The number of sulfone groups is 1. The maximum absolute atomic E-state index is 10.9. The maximum atomic E-state index is 10.9. The van der Waals surface area contributed by atoms with Gasteiger partial charge in [0.25, 0.3) is 0 Å². The molecule has 0 atom stereocenters. The number of nitrogens with zero attached hydrogens (tertiary/aromatic N) is 2. The zero-order valence-corrected chi connectivity index (χ0v) is 9.13. The molecular weight excluding hydrogens is 206 g/mol. The Kier molecular flexibility index (Phi) is 2.64. The highest BCUT2D eigenvalue weighted by Crippen LogP contribution is 2.14. The van der Waals surface area contributed by atoms with E-state index in [1.807, 2.05) is 0 Å². The van der Waals surface area contributed by atoms with E-state index in [0.717, 1.165) is 6.26 Å². The van der Waals surface area contributed by atoms with Gasteiger partial charge in [-0.1, -0.05) is 5.16 Å². The van der Waals surface area contributed by atoms with E-state index in [4.69, 9.17) is 10.3 Å². The van der Waals surface area contributed by atoms with Crippen LogP contribution in [0.2, 0.25) is 0 Å². The zero-order chi connectivity index (χ0) is 11.0. The number of rotatable bonds is 3. The van der Waals surface area contributed by atoms with Gasteiger partial charge in [-0.2, -0.15) is 4.98 Å². The van der Waals surface area contributed by atoms with Crippen LogP contribution in [0.1, 0.15) is 25.6 Å². The summed E-state index contributed by atoms with van der Waals surface area (Å²) < 4.78 is 26.6. The van der Waals surface area contributed by atoms with Gasteiger partial charge in [-0.15, -0.1) is 0 Å². The van der Waals surface area contributed by atoms with Crippen LogP contribution in [0.5, 0.6) is 0 Å². The Morgan fingerprint density at radius 3 is 2.43 bits per heavy atom. The molecule has 0 aliphatic rings. The molecule has 1 rings (SSSR count). The Bertz CT molecular complexity index is 416. The highest BCUT2D eigenvalue weighted by Gasteiger charge is 2.23. The maximum Gasteiger partial charge on any atom is 0.246 e. The first-order chi connectivity index (χ1) is 6.18. The molecule has 0 saturated heterocycles. The number of hydrogen-bond donors (Lipinski definition) is 1. The third-order valence-corrected chi connectivity index (χ3v) is 2.19. The van der Waals surface area contributed by atoms with E-state index in [9.17, 15) is 8.42 Å². The van der Waals surface area contributed by atoms with E-state index in [0.29, 0.717) is 0 Å². The average Bonchev–Trinajstić information content (AvgIpc) is 2.29. The quantitative estimate of drug-likeness (QED) is 0.756. The Labute approximate surface area is 82.4 Å². The topological polar surface area (TPSA) is 99.1 Å². The first-order valence-electron chi connectivity index (χ1n) is 3.98. The average molecular weight is 219 g/mol. The van der Waals surface area contributed by atoms with Gasteiger partial charge in [0, 0.05) is 6.26 Å². The van der Waals surface area contributed by atoms with Crippen LogP contribution < -0.4 is 5.73 Å². The molecule has 7 heteroatoms. The summed E-state index contributed by atoms with van der Waals surface area (Å²) in [7, 11) is -3.14. The summed E-state index contributed by atoms with van der Waals surface area (Å²) in [6, 6.07) is 0. The third-order valence-electron chi connectivity index (χ3n) is 1.41. The van der Waals surface area contributed by atoms with Gasteiger partial charge in [0.2, 0.25) is 5.89 Å². The lowest BCUT2D eigenvalue weighted by Gasteiger charge is -2.10. The van der Waals surface area contributed by atoms with Crippen molar-refractivity contribution in [2.45, 2.75) is 25.1 Å². The van der Waals surface area contributed by atoms with E-state index in [-0.39, 0.29) is 17.5 Å². The molecule has 0 spiro atoms. The molecule has 1 aromatic rings. The van der Waals surface area contributed by atoms with E-state index >= 15 is 0 Å². The van der Waals surface area contributed by atoms with Gasteiger partial charge in [0.15, 0.2) is 15.7 Å². The molecule has 6 nitrogen and oxygen atoms in total. The standard InChI is InChI=1S/C7H13N3O3S/c1-7(2,8)6-9-5(10-13-6)4-14(3,11)12/h4,8H2,1-3H3. The van der Waals surface area contributed by atoms with Crippen molar-refractivity contribution in [3.63, 3.8) is 0 Å². The molecule has 14 heavy (non-hydrogen) atoms. The second-order valence-electron chi connectivity index (χ2n) is 3.81. The lowest BCUT2D eigenvalue weighted by molar-refractivity contribution is 0.310. The molecule has 80 valence electrons. The molecule has 0 amide bonds. The fraction of sp³-hybridized carbons (Fsp3) is 0.714. The molecule has 0 aromatic carbocycles. The van der Waals surface area contributed by atoms with Gasteiger partial charge in [0.05, 0.1) is 5.54 Å². The molecule has 0 aliphatic carbocycles. The molecule has 0 aliphatic heterocycles. The van der Waals surface area contributed by atoms with E-state index < -0.39 is 15.4 Å². The van der Waals surface area contributed by atoms with Gasteiger partial charge in [-0.05, 0) is 13.8 Å². The van der Waals surface area contributed by atoms with Crippen LogP contribution in [0, 0.1) is 0 Å². The van der Waals surface area contributed by atoms with Crippen molar-refractivity contribution in [2.75, 3.05) is 6.26 Å². The Morgan fingerprint density at radius 2 is 2.07 bits per heavy atom. The molecule has 0 fully saturated rings. The van der Waals surface area contributed by atoms with Crippen molar-refractivity contribution in [3.05, 3.63) is 11.7 Å². The molecule has 1 heterocycles. The minimum atomic E-state index is -3.14. The van der Waals surface area contributed by atoms with Crippen LogP contribution in [0.3, 0.4) is 0 Å². The van der Waals surface area contributed by atoms with E-state index in [1.165, 1.54) is 0 Å². The van der Waals surface area contributed by atoms with Crippen LogP contribution in [-0.4, -0.2) is 24.8 Å². The van der Waals surface area contributed by atoms with Crippen LogP contribution in [0.15, 0.2) is 4.52 Å². The largest absolute Gasteiger partial charge is 0.337 e. The predicted octanol–water partition coefficient (Wildman–Crippen LogP) is -0.192. The fourth-order valence-corrected chi connectivity index (χ4v) is 1.40. The predicted molar refractivity (Wildman–Crippen MR) is 50.1 cm³/mol. The zero-order valence-electron chi connectivity index (χ0n) is 8.31. The van der Waals surface area contributed by atoms with Gasteiger partial charge in [-0.3, -0.25) is 0 Å². The van der Waals surface area contributed by atoms with E-state index in [2.05, 4.69) is 10.1 Å². The van der Waals surface area contributed by atoms with Crippen LogP contribution in [0.25, 0.3) is 0 Å². The van der Waals surface area contributed by atoms with Crippen molar-refractivity contribution in [3.8, 4) is 0 Å². The van der Waals surface area contributed by atoms with Gasteiger partial charge in [-0.25, -0.2) is 8.42 Å². The van der Waals surface area contributed by atoms with Crippen LogP contribution in [-0.2, 0) is 21.1 Å². The Hall–Kier alpha value is -0.950. The molecule has 2 N–H and O–H groups in total. The summed E-state index contributed by atoms with van der Waals surface area (Å²) in [5.41, 5.74) is 4.94. The van der Waals surface area contributed by atoms with Crippen molar-refractivity contribution < 1.29 is 12.9 Å². The van der Waals surface area contributed by atoms with Gasteiger partial charge in [0.1, 0.15) is 5.75 Å². The van der Waals surface area contributed by atoms with Crippen molar-refractivity contribution in [2.24, 2.45) is 5.73 Å². The highest BCUT2D eigenvalue weighted by molar-refractivity contribution is 7.89. The smallest absolute Gasteiger partial charge is 0.246 e. The van der Waals surface area contributed by atoms with Gasteiger partial charge < -0.3 is 10.3 Å². The second kappa shape index (κ2) is 3.32. The molecule has 0 saturated carbocycles. The lowest BCUT2D eigenvalue weighted by atomic mass is 10.1. The van der Waals surface area contributed by atoms with E-state index in [1.54, 1.807) is 13.8 Å². The van der Waals surface area contributed by atoms with Crippen molar-refractivity contribution >= 4 is 9.84 Å². The van der Waals surface area contributed by atoms with Crippen molar-refractivity contribution in [1.82, 2.24) is 10.1 Å². The SMILES string of the molecule is CC(C)(N)c1nc(CS(C)(=O)=O)no1. The number of aromatic nitrogens is 2. The summed E-state index contributed by atoms with van der Waals surface area (Å²) in [5.74, 6) is 0.143. The summed E-state index contributed by atoms with van der Waals surface area (Å²) in [5, 5.41) is 3.52. The first kappa shape index (κ1) is 11.1. The monoisotopic (exact) mass is 219 g/mol. The van der Waals surface area contributed by atoms with Crippen LogP contribution >= 0.6 is 0 Å². The molecule has 0 radical (unpaired) electrons. The number of nitrogens with two attached hydrogens (primary N) is 1. The number of hydrogen-bond acceptors (Lipinski definition) is 6. The molecule has 0 unspecified atom stereocenters.